The number of amides is 4. The van der Waals surface area contributed by atoms with E-state index in [2.05, 4.69) is 10.6 Å². The van der Waals surface area contributed by atoms with Crippen LogP contribution in [0.15, 0.2) is 0 Å². The van der Waals surface area contributed by atoms with Crippen molar-refractivity contribution < 1.29 is 14.8 Å². The second kappa shape index (κ2) is 11.3. The van der Waals surface area contributed by atoms with Crippen molar-refractivity contribution in [3.63, 3.8) is 0 Å². The van der Waals surface area contributed by atoms with Gasteiger partial charge in [0.25, 0.3) is 0 Å². The van der Waals surface area contributed by atoms with E-state index in [1.807, 2.05) is 9.21 Å². The number of nitrogens with one attached hydrogen (secondary N) is 2. The van der Waals surface area contributed by atoms with E-state index in [4.69, 9.17) is 0 Å². The van der Waals surface area contributed by atoms with Crippen molar-refractivity contribution in [2.45, 2.75) is 114 Å². The first kappa shape index (κ1) is 23.9. The molecular weight excluding hydrogens is 430 g/mol. The highest BCUT2D eigenvalue weighted by Gasteiger charge is 2.46. The van der Waals surface area contributed by atoms with Crippen LogP contribution in [-0.4, -0.2) is 61.9 Å². The van der Waals surface area contributed by atoms with Crippen LogP contribution in [0.3, 0.4) is 0 Å². The smallest absolute Gasteiger partial charge is 0.333 e. The Labute approximate surface area is 195 Å². The molecule has 3 aliphatic carbocycles. The first-order chi connectivity index (χ1) is 15.5. The third-order valence-electron chi connectivity index (χ3n) is 7.68. The minimum atomic E-state index is -0.400. The van der Waals surface area contributed by atoms with Crippen LogP contribution < -0.4 is 10.6 Å². The van der Waals surface area contributed by atoms with E-state index in [0.29, 0.717) is 38.1 Å². The van der Waals surface area contributed by atoms with Gasteiger partial charge in [0.1, 0.15) is 0 Å². The Kier molecular flexibility index (Phi) is 8.42. The van der Waals surface area contributed by atoms with Gasteiger partial charge in [-0.3, -0.25) is 14.4 Å². The zero-order valence-electron chi connectivity index (χ0n) is 18.9. The number of hydroxylamine groups is 2. The lowest BCUT2D eigenvalue weighted by Gasteiger charge is -2.38. The summed E-state index contributed by atoms with van der Waals surface area (Å²) in [6.45, 7) is 0.696. The van der Waals surface area contributed by atoms with Crippen LogP contribution >= 0.6 is 11.9 Å². The van der Waals surface area contributed by atoms with E-state index in [0.717, 1.165) is 25.7 Å². The molecule has 3 N–H and O–H groups in total. The van der Waals surface area contributed by atoms with Gasteiger partial charge in [-0.15, -0.1) is 0 Å². The van der Waals surface area contributed by atoms with Crippen molar-refractivity contribution in [1.82, 2.24) is 25.1 Å². The van der Waals surface area contributed by atoms with E-state index >= 15 is 0 Å². The molecule has 9 nitrogen and oxygen atoms in total. The van der Waals surface area contributed by atoms with Crippen LogP contribution in [0, 0.1) is 11.1 Å². The maximum Gasteiger partial charge on any atom is 0.333 e. The lowest BCUT2D eigenvalue weighted by molar-refractivity contribution is -0.0909. The van der Waals surface area contributed by atoms with Crippen LogP contribution in [0.25, 0.3) is 0 Å². The van der Waals surface area contributed by atoms with Gasteiger partial charge >= 0.3 is 12.1 Å². The average Bonchev–Trinajstić information content (AvgIpc) is 3.14. The fraction of sp³-hybridized carbons (Fsp3) is 0.909. The van der Waals surface area contributed by atoms with Gasteiger partial charge in [-0.1, -0.05) is 38.5 Å². The molecule has 10 heteroatoms. The van der Waals surface area contributed by atoms with E-state index in [1.165, 1.54) is 50.5 Å². The SMILES string of the molecule is O=C(NCC1CCCCC1)NC1SN(C2CCC(N([O-])O)CC2)C(=O)N1C1CCCCC1. The van der Waals surface area contributed by atoms with E-state index in [-0.39, 0.29) is 35.4 Å². The quantitative estimate of drug-likeness (QED) is 0.394. The second-order valence-electron chi connectivity index (χ2n) is 9.89. The van der Waals surface area contributed by atoms with Crippen LogP contribution in [-0.2, 0) is 0 Å². The summed E-state index contributed by atoms with van der Waals surface area (Å²) in [7, 11) is 0. The molecule has 4 fully saturated rings. The van der Waals surface area contributed by atoms with Crippen molar-refractivity contribution >= 4 is 24.0 Å². The van der Waals surface area contributed by atoms with Gasteiger partial charge < -0.3 is 21.0 Å². The molecule has 1 aliphatic heterocycles. The molecule has 1 saturated heterocycles. The highest BCUT2D eigenvalue weighted by atomic mass is 32.2. The third-order valence-corrected chi connectivity index (χ3v) is 8.91. The summed E-state index contributed by atoms with van der Waals surface area (Å²) in [6, 6.07) is -0.432. The molecule has 0 aromatic rings. The van der Waals surface area contributed by atoms with E-state index in [1.54, 1.807) is 0 Å². The van der Waals surface area contributed by atoms with Gasteiger partial charge in [0.05, 0.1) is 0 Å². The van der Waals surface area contributed by atoms with Gasteiger partial charge in [-0.05, 0) is 57.3 Å². The lowest BCUT2D eigenvalue weighted by atomic mass is 9.89. The van der Waals surface area contributed by atoms with Crippen molar-refractivity contribution in [3.05, 3.63) is 5.21 Å². The van der Waals surface area contributed by atoms with Crippen molar-refractivity contribution in [3.8, 4) is 0 Å². The Morgan fingerprint density at radius 1 is 0.969 bits per heavy atom. The van der Waals surface area contributed by atoms with E-state index in [9.17, 15) is 20.0 Å². The summed E-state index contributed by atoms with van der Waals surface area (Å²) in [4.78, 5) is 28.1. The van der Waals surface area contributed by atoms with Gasteiger partial charge in [0, 0.05) is 36.6 Å². The summed E-state index contributed by atoms with van der Waals surface area (Å²) in [5, 5.41) is 26.6. The summed E-state index contributed by atoms with van der Waals surface area (Å²) < 4.78 is 1.82. The molecule has 4 rings (SSSR count). The second-order valence-corrected chi connectivity index (χ2v) is 10.9. The number of carbonyl (C=O) groups excluding carboxylic acids is 2. The molecule has 0 aromatic carbocycles. The fourth-order valence-corrected chi connectivity index (χ4v) is 7.07. The highest BCUT2D eigenvalue weighted by Crippen LogP contribution is 2.40. The average molecular weight is 469 g/mol. The number of carbonyl (C=O) groups is 2. The van der Waals surface area contributed by atoms with Gasteiger partial charge in [0.2, 0.25) is 0 Å². The van der Waals surface area contributed by atoms with Crippen LogP contribution in [0.2, 0.25) is 0 Å². The fourth-order valence-electron chi connectivity index (χ4n) is 5.77. The first-order valence-corrected chi connectivity index (χ1v) is 13.3. The molecule has 182 valence electrons. The molecule has 32 heavy (non-hydrogen) atoms. The summed E-state index contributed by atoms with van der Waals surface area (Å²) in [5.74, 6) is 0.556. The Bertz CT molecular complexity index is 634. The molecule has 4 amide bonds. The summed E-state index contributed by atoms with van der Waals surface area (Å²) in [5.41, 5.74) is -0.400. The molecule has 4 aliphatic rings. The molecule has 1 heterocycles. The Balaban J connectivity index is 1.37. The zero-order valence-corrected chi connectivity index (χ0v) is 19.7. The summed E-state index contributed by atoms with van der Waals surface area (Å²) in [6.07, 6.45) is 14.0. The number of hydrogen-bond donors (Lipinski definition) is 3. The first-order valence-electron chi connectivity index (χ1n) is 12.5. The van der Waals surface area contributed by atoms with E-state index < -0.39 is 5.50 Å². The van der Waals surface area contributed by atoms with Crippen molar-refractivity contribution in [2.75, 3.05) is 6.54 Å². The number of rotatable bonds is 6. The minimum Gasteiger partial charge on any atom is -0.762 e. The standard InChI is InChI=1S/C22H38N5O4S/c28-20(23-15-16-7-3-1-4-8-16)24-21-25(17-9-5-2-6-10-17)22(29)26(32-21)18-11-13-19(14-12-18)27(30)31/h16-19,21,30H,1-15H2,(H2,23,24,28)/q-1. The molecule has 1 unspecified atom stereocenters. The Morgan fingerprint density at radius 2 is 1.59 bits per heavy atom. The predicted octanol–water partition coefficient (Wildman–Crippen LogP) is 4.37. The molecule has 1 atom stereocenters. The Hall–Kier alpha value is -1.23. The maximum atomic E-state index is 13.5. The van der Waals surface area contributed by atoms with Crippen molar-refractivity contribution in [2.24, 2.45) is 5.92 Å². The van der Waals surface area contributed by atoms with Crippen LogP contribution in [0.5, 0.6) is 0 Å². The lowest BCUT2D eigenvalue weighted by Crippen LogP contribution is -2.53. The monoisotopic (exact) mass is 468 g/mol. The van der Waals surface area contributed by atoms with Gasteiger partial charge in [0.15, 0.2) is 5.50 Å². The largest absolute Gasteiger partial charge is 0.762 e. The normalized spacial score (nSPS) is 30.7. The molecule has 0 bridgehead atoms. The van der Waals surface area contributed by atoms with Crippen LogP contribution in [0.1, 0.15) is 89.9 Å². The highest BCUT2D eigenvalue weighted by molar-refractivity contribution is 7.98. The minimum absolute atomic E-state index is 0.0203. The zero-order chi connectivity index (χ0) is 22.5. The summed E-state index contributed by atoms with van der Waals surface area (Å²) >= 11 is 1.41. The maximum absolute atomic E-state index is 13.5. The number of nitrogens with zero attached hydrogens (tertiary/aromatic N) is 3. The van der Waals surface area contributed by atoms with Gasteiger partial charge in [-0.25, -0.2) is 9.59 Å². The molecule has 3 saturated carbocycles. The molecule has 0 radical (unpaired) electrons. The molecule has 0 spiro atoms. The van der Waals surface area contributed by atoms with Crippen LogP contribution in [0.4, 0.5) is 9.59 Å². The third kappa shape index (κ3) is 5.81. The van der Waals surface area contributed by atoms with Crippen molar-refractivity contribution in [1.29, 1.82) is 0 Å². The molecule has 0 aromatic heterocycles. The van der Waals surface area contributed by atoms with Gasteiger partial charge in [-0.2, -0.15) is 0 Å². The number of urea groups is 2. The number of hydrogen-bond acceptors (Lipinski definition) is 6. The predicted molar refractivity (Wildman–Crippen MR) is 123 cm³/mol. The Morgan fingerprint density at radius 3 is 2.22 bits per heavy atom. The topological polar surface area (TPSA) is 111 Å². The molecular formula is C22H38N5O4S-.